The van der Waals surface area contributed by atoms with E-state index in [4.69, 9.17) is 4.42 Å². The molecule has 1 fully saturated rings. The lowest BCUT2D eigenvalue weighted by Crippen LogP contribution is -2.35. The third kappa shape index (κ3) is 4.73. The Morgan fingerprint density at radius 2 is 1.91 bits per heavy atom. The zero-order valence-corrected chi connectivity index (χ0v) is 18.2. The number of benzene rings is 2. The molecule has 0 atom stereocenters. The Morgan fingerprint density at radius 3 is 2.70 bits per heavy atom. The molecule has 7 heteroatoms. The number of hydrogen-bond donors (Lipinski definition) is 1. The summed E-state index contributed by atoms with van der Waals surface area (Å²) < 4.78 is 21.0. The molecule has 1 aliphatic rings. The first-order chi connectivity index (χ1) is 16.2. The molecule has 1 N–H and O–H groups in total. The van der Waals surface area contributed by atoms with Crippen LogP contribution in [0.5, 0.6) is 0 Å². The molecular formula is C26H25FN4O2. The van der Waals surface area contributed by atoms with Gasteiger partial charge in [0.15, 0.2) is 0 Å². The van der Waals surface area contributed by atoms with E-state index < -0.39 is 5.82 Å². The highest BCUT2D eigenvalue weighted by molar-refractivity contribution is 6.03. The number of nitrogens with one attached hydrogen (secondary N) is 1. The molecule has 0 bridgehead atoms. The summed E-state index contributed by atoms with van der Waals surface area (Å²) in [7, 11) is 0. The van der Waals surface area contributed by atoms with Crippen LogP contribution < -0.4 is 5.32 Å². The van der Waals surface area contributed by atoms with E-state index in [1.807, 2.05) is 22.9 Å². The van der Waals surface area contributed by atoms with Crippen LogP contribution in [0.3, 0.4) is 0 Å². The van der Waals surface area contributed by atoms with Gasteiger partial charge in [0.1, 0.15) is 17.4 Å². The molecule has 1 saturated heterocycles. The second-order valence-corrected chi connectivity index (χ2v) is 8.27. The maximum atomic E-state index is 13.5. The number of anilines is 1. The number of carbonyl (C=O) groups is 1. The average molecular weight is 445 g/mol. The molecule has 0 saturated carbocycles. The molecule has 1 amide bonds. The maximum Gasteiger partial charge on any atom is 0.256 e. The number of carbonyl (C=O) groups excluding carboxylic acids is 1. The maximum absolute atomic E-state index is 13.5. The molecular weight excluding hydrogens is 419 g/mol. The minimum absolute atomic E-state index is 0.194. The van der Waals surface area contributed by atoms with Gasteiger partial charge in [-0.25, -0.2) is 9.07 Å². The zero-order valence-electron chi connectivity index (χ0n) is 18.2. The van der Waals surface area contributed by atoms with E-state index >= 15 is 0 Å². The number of nitrogens with zero attached hydrogens (tertiary/aromatic N) is 3. The number of likely N-dealkylation sites (tertiary alicyclic amines) is 1. The van der Waals surface area contributed by atoms with Crippen molar-refractivity contribution in [1.29, 1.82) is 0 Å². The van der Waals surface area contributed by atoms with Crippen LogP contribution in [-0.4, -0.2) is 33.7 Å². The molecule has 6 nitrogen and oxygen atoms in total. The Kier molecular flexibility index (Phi) is 6.04. The summed E-state index contributed by atoms with van der Waals surface area (Å²) >= 11 is 0. The molecule has 3 heterocycles. The van der Waals surface area contributed by atoms with Crippen LogP contribution in [0.4, 0.5) is 10.2 Å². The fourth-order valence-corrected chi connectivity index (χ4v) is 4.42. The predicted octanol–water partition coefficient (Wildman–Crippen LogP) is 5.37. The Hall–Kier alpha value is -3.71. The quantitative estimate of drug-likeness (QED) is 0.434. The Labute approximate surface area is 191 Å². The molecule has 0 unspecified atom stereocenters. The summed E-state index contributed by atoms with van der Waals surface area (Å²) in [6, 6.07) is 19.9. The topological polar surface area (TPSA) is 63.3 Å². The van der Waals surface area contributed by atoms with Crippen LogP contribution in [0.2, 0.25) is 0 Å². The van der Waals surface area contributed by atoms with Gasteiger partial charge in [0.25, 0.3) is 5.91 Å². The SMILES string of the molecule is O=C(Nc1ccnn1C1CCN(Cc2ccccc2-c2ccco2)CC1)c1cccc(F)c1. The monoisotopic (exact) mass is 444 g/mol. The fraction of sp³-hybridized carbons (Fsp3) is 0.231. The van der Waals surface area contributed by atoms with Crippen LogP contribution in [0.1, 0.15) is 34.8 Å². The molecule has 0 spiro atoms. The Balaban J connectivity index is 1.22. The van der Waals surface area contributed by atoms with Crippen molar-refractivity contribution in [2.75, 3.05) is 18.4 Å². The highest BCUT2D eigenvalue weighted by atomic mass is 19.1. The Bertz CT molecular complexity index is 1230. The van der Waals surface area contributed by atoms with Crippen LogP contribution in [-0.2, 0) is 6.54 Å². The van der Waals surface area contributed by atoms with Crippen molar-refractivity contribution in [3.8, 4) is 11.3 Å². The number of amides is 1. The van der Waals surface area contributed by atoms with Crippen molar-refractivity contribution >= 4 is 11.7 Å². The van der Waals surface area contributed by atoms with Gasteiger partial charge in [-0.1, -0.05) is 30.3 Å². The van der Waals surface area contributed by atoms with Crippen molar-refractivity contribution < 1.29 is 13.6 Å². The normalized spacial score (nSPS) is 14.9. The highest BCUT2D eigenvalue weighted by Crippen LogP contribution is 2.29. The lowest BCUT2D eigenvalue weighted by molar-refractivity contribution is 0.102. The molecule has 0 aliphatic carbocycles. The minimum atomic E-state index is -0.433. The van der Waals surface area contributed by atoms with E-state index in [1.54, 1.807) is 24.6 Å². The van der Waals surface area contributed by atoms with Crippen LogP contribution >= 0.6 is 0 Å². The van der Waals surface area contributed by atoms with Crippen molar-refractivity contribution in [3.05, 3.63) is 96.1 Å². The average Bonchev–Trinajstić information content (AvgIpc) is 3.53. The minimum Gasteiger partial charge on any atom is -0.464 e. The molecule has 168 valence electrons. The van der Waals surface area contributed by atoms with Crippen molar-refractivity contribution in [2.45, 2.75) is 25.4 Å². The fourth-order valence-electron chi connectivity index (χ4n) is 4.42. The van der Waals surface area contributed by atoms with Gasteiger partial charge in [-0.15, -0.1) is 0 Å². The van der Waals surface area contributed by atoms with Gasteiger partial charge in [-0.3, -0.25) is 9.69 Å². The van der Waals surface area contributed by atoms with Crippen LogP contribution in [0, 0.1) is 5.82 Å². The van der Waals surface area contributed by atoms with Gasteiger partial charge in [-0.2, -0.15) is 5.10 Å². The first-order valence-electron chi connectivity index (χ1n) is 11.1. The first kappa shape index (κ1) is 21.2. The van der Waals surface area contributed by atoms with Crippen molar-refractivity contribution in [3.63, 3.8) is 0 Å². The molecule has 2 aromatic carbocycles. The molecule has 33 heavy (non-hydrogen) atoms. The van der Waals surface area contributed by atoms with E-state index in [-0.39, 0.29) is 17.5 Å². The second-order valence-electron chi connectivity index (χ2n) is 8.27. The van der Waals surface area contributed by atoms with Gasteiger partial charge >= 0.3 is 0 Å². The number of aromatic nitrogens is 2. The molecule has 5 rings (SSSR count). The zero-order chi connectivity index (χ0) is 22.6. The Morgan fingerprint density at radius 1 is 1.06 bits per heavy atom. The van der Waals surface area contributed by atoms with E-state index in [0.717, 1.165) is 43.8 Å². The van der Waals surface area contributed by atoms with Crippen LogP contribution in [0.15, 0.2) is 83.6 Å². The van der Waals surface area contributed by atoms with Crippen molar-refractivity contribution in [1.82, 2.24) is 14.7 Å². The van der Waals surface area contributed by atoms with Gasteiger partial charge in [0, 0.05) is 36.8 Å². The first-order valence-corrected chi connectivity index (χ1v) is 11.1. The predicted molar refractivity (Wildman–Crippen MR) is 124 cm³/mol. The number of hydrogen-bond acceptors (Lipinski definition) is 4. The largest absolute Gasteiger partial charge is 0.464 e. The van der Waals surface area contributed by atoms with Crippen LogP contribution in [0.25, 0.3) is 11.3 Å². The standard InChI is InChI=1S/C26H25FN4O2/c27-21-7-3-6-19(17-21)26(32)29-25-10-13-28-31(25)22-11-14-30(15-12-22)18-20-5-1-2-8-23(20)24-9-4-16-33-24/h1-10,13,16-17,22H,11-12,14-15,18H2,(H,29,32). The summed E-state index contributed by atoms with van der Waals surface area (Å²) in [6.07, 6.45) is 5.24. The van der Waals surface area contributed by atoms with Gasteiger partial charge in [-0.05, 0) is 48.7 Å². The van der Waals surface area contributed by atoms with Crippen molar-refractivity contribution in [2.24, 2.45) is 0 Å². The van der Waals surface area contributed by atoms with Gasteiger partial charge in [0.2, 0.25) is 0 Å². The van der Waals surface area contributed by atoms with Gasteiger partial charge < -0.3 is 9.73 Å². The number of furan rings is 1. The summed E-state index contributed by atoms with van der Waals surface area (Å²) in [5.74, 6) is 0.738. The lowest BCUT2D eigenvalue weighted by atomic mass is 10.0. The molecule has 0 radical (unpaired) electrons. The molecule has 4 aromatic rings. The highest BCUT2D eigenvalue weighted by Gasteiger charge is 2.24. The third-order valence-electron chi connectivity index (χ3n) is 6.10. The number of halogens is 1. The smallest absolute Gasteiger partial charge is 0.256 e. The molecule has 1 aliphatic heterocycles. The summed E-state index contributed by atoms with van der Waals surface area (Å²) in [4.78, 5) is 15.0. The van der Waals surface area contributed by atoms with E-state index in [9.17, 15) is 9.18 Å². The summed E-state index contributed by atoms with van der Waals surface area (Å²) in [6.45, 7) is 2.70. The third-order valence-corrected chi connectivity index (χ3v) is 6.10. The molecule has 2 aromatic heterocycles. The van der Waals surface area contributed by atoms with E-state index in [1.165, 1.54) is 23.8 Å². The lowest BCUT2D eigenvalue weighted by Gasteiger charge is -2.33. The van der Waals surface area contributed by atoms with E-state index in [2.05, 4.69) is 33.5 Å². The van der Waals surface area contributed by atoms with Gasteiger partial charge in [0.05, 0.1) is 18.5 Å². The number of rotatable bonds is 6. The number of piperidine rings is 1. The second kappa shape index (κ2) is 9.42. The van der Waals surface area contributed by atoms with E-state index in [0.29, 0.717) is 5.82 Å². The summed E-state index contributed by atoms with van der Waals surface area (Å²) in [5, 5.41) is 7.33. The summed E-state index contributed by atoms with van der Waals surface area (Å²) in [5.41, 5.74) is 2.65.